The summed E-state index contributed by atoms with van der Waals surface area (Å²) in [7, 11) is 0. The molecule has 0 saturated carbocycles. The Morgan fingerprint density at radius 1 is 1.20 bits per heavy atom. The Morgan fingerprint density at radius 3 is 2.27 bits per heavy atom. The summed E-state index contributed by atoms with van der Waals surface area (Å²) in [6.07, 6.45) is 1.03. The number of hydrogen-bond acceptors (Lipinski definition) is 1. The van der Waals surface area contributed by atoms with Crippen LogP contribution in [0.2, 0.25) is 0 Å². The van der Waals surface area contributed by atoms with Gasteiger partial charge in [-0.05, 0) is 36.6 Å². The van der Waals surface area contributed by atoms with E-state index in [-0.39, 0.29) is 5.82 Å². The second-order valence-electron chi connectivity index (χ2n) is 4.31. The van der Waals surface area contributed by atoms with Crippen LogP contribution in [0.15, 0.2) is 24.3 Å². The summed E-state index contributed by atoms with van der Waals surface area (Å²) in [5, 5.41) is 3.48. The van der Waals surface area contributed by atoms with E-state index < -0.39 is 0 Å². The molecular weight excluding hydrogens is 189 g/mol. The molecule has 84 valence electrons. The Hall–Kier alpha value is -0.890. The number of halogens is 1. The monoisotopic (exact) mass is 209 g/mol. The summed E-state index contributed by atoms with van der Waals surface area (Å²) in [6, 6.07) is 7.10. The van der Waals surface area contributed by atoms with Crippen LogP contribution in [0.5, 0.6) is 0 Å². The molecule has 1 aromatic carbocycles. The molecule has 0 saturated heterocycles. The summed E-state index contributed by atoms with van der Waals surface area (Å²) >= 11 is 0. The first-order valence-electron chi connectivity index (χ1n) is 5.62. The molecule has 1 unspecified atom stereocenters. The number of nitrogens with one attached hydrogen (secondary N) is 1. The van der Waals surface area contributed by atoms with Gasteiger partial charge in [0.2, 0.25) is 0 Å². The fraction of sp³-hybridized carbons (Fsp3) is 0.538. The van der Waals surface area contributed by atoms with Gasteiger partial charge in [0.15, 0.2) is 0 Å². The van der Waals surface area contributed by atoms with E-state index in [2.05, 4.69) is 26.1 Å². The van der Waals surface area contributed by atoms with Crippen LogP contribution < -0.4 is 5.32 Å². The van der Waals surface area contributed by atoms with Crippen molar-refractivity contribution >= 4 is 0 Å². The van der Waals surface area contributed by atoms with E-state index >= 15 is 0 Å². The average molecular weight is 209 g/mol. The van der Waals surface area contributed by atoms with E-state index in [0.29, 0.717) is 12.0 Å². The van der Waals surface area contributed by atoms with Gasteiger partial charge in [-0.25, -0.2) is 4.39 Å². The molecule has 0 fully saturated rings. The van der Waals surface area contributed by atoms with Gasteiger partial charge in [0, 0.05) is 6.04 Å². The van der Waals surface area contributed by atoms with Crippen molar-refractivity contribution in [2.45, 2.75) is 33.2 Å². The zero-order valence-electron chi connectivity index (χ0n) is 9.76. The maximum absolute atomic E-state index is 12.7. The Balaban J connectivity index is 2.61. The van der Waals surface area contributed by atoms with Gasteiger partial charge < -0.3 is 5.32 Å². The molecule has 1 aromatic rings. The summed E-state index contributed by atoms with van der Waals surface area (Å²) in [4.78, 5) is 0. The minimum absolute atomic E-state index is 0.169. The molecule has 1 nitrogen and oxygen atoms in total. The van der Waals surface area contributed by atoms with Crippen molar-refractivity contribution in [2.75, 3.05) is 6.54 Å². The van der Waals surface area contributed by atoms with Crippen LogP contribution in [-0.4, -0.2) is 6.54 Å². The van der Waals surface area contributed by atoms with E-state index in [0.717, 1.165) is 13.0 Å². The Bertz CT molecular complexity index is 279. The van der Waals surface area contributed by atoms with Crippen LogP contribution in [0.3, 0.4) is 0 Å². The van der Waals surface area contributed by atoms with Crippen LogP contribution in [0, 0.1) is 11.7 Å². The van der Waals surface area contributed by atoms with E-state index in [9.17, 15) is 4.39 Å². The highest BCUT2D eigenvalue weighted by Gasteiger charge is 2.08. The Labute approximate surface area is 91.7 Å². The van der Waals surface area contributed by atoms with Crippen molar-refractivity contribution in [3.63, 3.8) is 0 Å². The number of hydrogen-bond donors (Lipinski definition) is 1. The molecule has 0 heterocycles. The fourth-order valence-corrected chi connectivity index (χ4v) is 1.57. The van der Waals surface area contributed by atoms with Crippen molar-refractivity contribution in [3.05, 3.63) is 35.6 Å². The maximum Gasteiger partial charge on any atom is 0.123 e. The van der Waals surface area contributed by atoms with Crippen LogP contribution in [-0.2, 0) is 0 Å². The maximum atomic E-state index is 12.7. The first-order valence-corrected chi connectivity index (χ1v) is 5.62. The standard InChI is InChI=1S/C13H20FN/c1-4-13(15-9-10(2)3)11-5-7-12(14)8-6-11/h5-8,10,13,15H,4,9H2,1-3H3. The third-order valence-corrected chi connectivity index (χ3v) is 2.45. The molecule has 0 aliphatic heterocycles. The van der Waals surface area contributed by atoms with Gasteiger partial charge in [0.05, 0.1) is 0 Å². The van der Waals surface area contributed by atoms with Crippen molar-refractivity contribution < 1.29 is 4.39 Å². The van der Waals surface area contributed by atoms with Gasteiger partial charge >= 0.3 is 0 Å². The van der Waals surface area contributed by atoms with E-state index in [1.165, 1.54) is 17.7 Å². The SMILES string of the molecule is CCC(NCC(C)C)c1ccc(F)cc1. The van der Waals surface area contributed by atoms with Gasteiger partial charge in [0.25, 0.3) is 0 Å². The molecule has 0 amide bonds. The second-order valence-corrected chi connectivity index (χ2v) is 4.31. The number of benzene rings is 1. The molecule has 0 aliphatic rings. The van der Waals surface area contributed by atoms with Gasteiger partial charge in [-0.3, -0.25) is 0 Å². The van der Waals surface area contributed by atoms with Crippen LogP contribution in [0.25, 0.3) is 0 Å². The van der Waals surface area contributed by atoms with Crippen molar-refractivity contribution in [2.24, 2.45) is 5.92 Å². The van der Waals surface area contributed by atoms with Crippen molar-refractivity contribution in [1.82, 2.24) is 5.32 Å². The lowest BCUT2D eigenvalue weighted by molar-refractivity contribution is 0.464. The van der Waals surface area contributed by atoms with Crippen molar-refractivity contribution in [3.8, 4) is 0 Å². The molecule has 0 aliphatic carbocycles. The summed E-state index contributed by atoms with van der Waals surface area (Å²) < 4.78 is 12.7. The predicted octanol–water partition coefficient (Wildman–Crippen LogP) is 3.52. The minimum Gasteiger partial charge on any atom is -0.310 e. The van der Waals surface area contributed by atoms with Gasteiger partial charge in [-0.2, -0.15) is 0 Å². The quantitative estimate of drug-likeness (QED) is 0.782. The molecule has 0 aromatic heterocycles. The fourth-order valence-electron chi connectivity index (χ4n) is 1.57. The average Bonchev–Trinajstić information content (AvgIpc) is 2.21. The van der Waals surface area contributed by atoms with Crippen LogP contribution in [0.1, 0.15) is 38.8 Å². The molecule has 0 bridgehead atoms. The molecule has 1 N–H and O–H groups in total. The Kier molecular flexibility index (Phi) is 4.76. The second kappa shape index (κ2) is 5.86. The van der Waals surface area contributed by atoms with Gasteiger partial charge in [-0.1, -0.05) is 32.9 Å². The lowest BCUT2D eigenvalue weighted by Gasteiger charge is -2.18. The zero-order valence-corrected chi connectivity index (χ0v) is 9.76. The number of rotatable bonds is 5. The highest BCUT2D eigenvalue weighted by Crippen LogP contribution is 2.17. The van der Waals surface area contributed by atoms with E-state index in [1.54, 1.807) is 0 Å². The first kappa shape index (κ1) is 12.2. The van der Waals surface area contributed by atoms with Crippen molar-refractivity contribution in [1.29, 1.82) is 0 Å². The molecule has 0 spiro atoms. The Morgan fingerprint density at radius 2 is 1.80 bits per heavy atom. The topological polar surface area (TPSA) is 12.0 Å². The molecule has 1 rings (SSSR count). The summed E-state index contributed by atoms with van der Waals surface area (Å²) in [6.45, 7) is 7.51. The lowest BCUT2D eigenvalue weighted by atomic mass is 10.0. The van der Waals surface area contributed by atoms with Gasteiger partial charge in [0.1, 0.15) is 5.82 Å². The highest BCUT2D eigenvalue weighted by atomic mass is 19.1. The third kappa shape index (κ3) is 4.00. The predicted molar refractivity (Wildman–Crippen MR) is 62.3 cm³/mol. The largest absolute Gasteiger partial charge is 0.310 e. The van der Waals surface area contributed by atoms with E-state index in [1.807, 2.05) is 12.1 Å². The molecule has 1 atom stereocenters. The van der Waals surface area contributed by atoms with E-state index in [4.69, 9.17) is 0 Å². The molecular formula is C13H20FN. The highest BCUT2D eigenvalue weighted by molar-refractivity contribution is 5.19. The van der Waals surface area contributed by atoms with Crippen LogP contribution in [0.4, 0.5) is 4.39 Å². The molecule has 0 radical (unpaired) electrons. The summed E-state index contributed by atoms with van der Waals surface area (Å²) in [5.74, 6) is 0.469. The summed E-state index contributed by atoms with van der Waals surface area (Å²) in [5.41, 5.74) is 1.17. The zero-order chi connectivity index (χ0) is 11.3. The smallest absolute Gasteiger partial charge is 0.123 e. The van der Waals surface area contributed by atoms with Crippen LogP contribution >= 0.6 is 0 Å². The first-order chi connectivity index (χ1) is 7.13. The normalized spacial score (nSPS) is 13.1. The lowest BCUT2D eigenvalue weighted by Crippen LogP contribution is -2.24. The molecule has 15 heavy (non-hydrogen) atoms. The molecule has 2 heteroatoms. The third-order valence-electron chi connectivity index (χ3n) is 2.45. The van der Waals surface area contributed by atoms with Gasteiger partial charge in [-0.15, -0.1) is 0 Å². The minimum atomic E-state index is -0.169.